The Labute approximate surface area is 145 Å². The van der Waals surface area contributed by atoms with Gasteiger partial charge >= 0.3 is 5.97 Å². The molecule has 0 saturated carbocycles. The van der Waals surface area contributed by atoms with Crippen molar-refractivity contribution >= 4 is 17.3 Å². The van der Waals surface area contributed by atoms with Crippen LogP contribution < -0.4 is 0 Å². The van der Waals surface area contributed by atoms with Crippen molar-refractivity contribution in [1.29, 1.82) is 0 Å². The SMILES string of the molecule is Cc1nc(-c2ccc(C(=O)OCCCc3ccncc3)cc2)cs1. The van der Waals surface area contributed by atoms with E-state index in [-0.39, 0.29) is 5.97 Å². The lowest BCUT2D eigenvalue weighted by atomic mass is 10.1. The summed E-state index contributed by atoms with van der Waals surface area (Å²) in [6.07, 6.45) is 5.21. The van der Waals surface area contributed by atoms with Gasteiger partial charge in [-0.2, -0.15) is 0 Å². The second-order valence-electron chi connectivity index (χ2n) is 5.42. The van der Waals surface area contributed by atoms with E-state index in [4.69, 9.17) is 4.74 Å². The van der Waals surface area contributed by atoms with E-state index in [9.17, 15) is 4.79 Å². The van der Waals surface area contributed by atoms with Crippen molar-refractivity contribution in [1.82, 2.24) is 9.97 Å². The van der Waals surface area contributed by atoms with Crippen LogP contribution in [-0.2, 0) is 11.2 Å². The molecule has 0 amide bonds. The highest BCUT2D eigenvalue weighted by Gasteiger charge is 2.08. The Balaban J connectivity index is 1.50. The molecule has 3 aromatic rings. The molecular formula is C19H18N2O2S. The fourth-order valence-corrected chi connectivity index (χ4v) is 2.97. The number of thiazole rings is 1. The zero-order chi connectivity index (χ0) is 16.8. The molecule has 0 atom stereocenters. The first-order valence-corrected chi connectivity index (χ1v) is 8.69. The fourth-order valence-electron chi connectivity index (χ4n) is 2.35. The Hall–Kier alpha value is -2.53. The summed E-state index contributed by atoms with van der Waals surface area (Å²) in [6, 6.07) is 11.3. The number of pyridine rings is 1. The second kappa shape index (κ2) is 7.84. The molecule has 24 heavy (non-hydrogen) atoms. The Bertz CT molecular complexity index is 798. The standard InChI is InChI=1S/C19H18N2O2S/c1-14-21-18(13-24-14)16-4-6-17(7-5-16)19(22)23-12-2-3-15-8-10-20-11-9-15/h4-11,13H,2-3,12H2,1H3. The van der Waals surface area contributed by atoms with Gasteiger partial charge in [-0.3, -0.25) is 4.98 Å². The van der Waals surface area contributed by atoms with Gasteiger partial charge in [-0.1, -0.05) is 12.1 Å². The molecule has 0 saturated heterocycles. The minimum Gasteiger partial charge on any atom is -0.462 e. The van der Waals surface area contributed by atoms with Gasteiger partial charge < -0.3 is 4.74 Å². The molecule has 0 unspecified atom stereocenters. The summed E-state index contributed by atoms with van der Waals surface area (Å²) in [4.78, 5) is 20.5. The highest BCUT2D eigenvalue weighted by molar-refractivity contribution is 7.09. The minimum atomic E-state index is -0.286. The highest BCUT2D eigenvalue weighted by Crippen LogP contribution is 2.22. The third-order valence-corrected chi connectivity index (χ3v) is 4.40. The minimum absolute atomic E-state index is 0.286. The Morgan fingerprint density at radius 1 is 1.12 bits per heavy atom. The summed E-state index contributed by atoms with van der Waals surface area (Å²) < 4.78 is 5.33. The molecule has 0 N–H and O–H groups in total. The van der Waals surface area contributed by atoms with E-state index >= 15 is 0 Å². The summed E-state index contributed by atoms with van der Waals surface area (Å²) in [5, 5.41) is 3.05. The number of nitrogens with zero attached hydrogens (tertiary/aromatic N) is 2. The summed E-state index contributed by atoms with van der Waals surface area (Å²) in [5.41, 5.74) is 3.71. The number of aryl methyl sites for hydroxylation is 2. The van der Waals surface area contributed by atoms with Gasteiger partial charge in [0.15, 0.2) is 0 Å². The largest absolute Gasteiger partial charge is 0.462 e. The smallest absolute Gasteiger partial charge is 0.338 e. The molecule has 0 radical (unpaired) electrons. The van der Waals surface area contributed by atoms with E-state index in [1.807, 2.05) is 36.6 Å². The first-order valence-electron chi connectivity index (χ1n) is 7.81. The molecule has 1 aromatic carbocycles. The van der Waals surface area contributed by atoms with Crippen molar-refractivity contribution < 1.29 is 9.53 Å². The number of hydrogen-bond acceptors (Lipinski definition) is 5. The van der Waals surface area contributed by atoms with Crippen LogP contribution in [0.2, 0.25) is 0 Å². The van der Waals surface area contributed by atoms with Gasteiger partial charge in [-0.15, -0.1) is 11.3 Å². The maximum Gasteiger partial charge on any atom is 0.338 e. The lowest BCUT2D eigenvalue weighted by molar-refractivity contribution is 0.0500. The van der Waals surface area contributed by atoms with Crippen LogP contribution in [0.25, 0.3) is 11.3 Å². The third kappa shape index (κ3) is 4.26. The van der Waals surface area contributed by atoms with Crippen LogP contribution in [0.15, 0.2) is 54.2 Å². The number of hydrogen-bond donors (Lipinski definition) is 0. The van der Waals surface area contributed by atoms with Gasteiger partial charge in [0, 0.05) is 23.3 Å². The Kier molecular flexibility index (Phi) is 5.33. The second-order valence-corrected chi connectivity index (χ2v) is 6.49. The number of benzene rings is 1. The molecule has 0 aliphatic heterocycles. The number of carbonyl (C=O) groups excluding carboxylic acids is 1. The molecule has 0 spiro atoms. The monoisotopic (exact) mass is 338 g/mol. The molecule has 0 aliphatic rings. The van der Waals surface area contributed by atoms with Gasteiger partial charge in [-0.25, -0.2) is 9.78 Å². The van der Waals surface area contributed by atoms with E-state index < -0.39 is 0 Å². The zero-order valence-electron chi connectivity index (χ0n) is 13.4. The average Bonchev–Trinajstić information content (AvgIpc) is 3.06. The lowest BCUT2D eigenvalue weighted by Crippen LogP contribution is -2.07. The van der Waals surface area contributed by atoms with Gasteiger partial charge in [-0.05, 0) is 49.6 Å². The molecule has 3 rings (SSSR count). The maximum atomic E-state index is 12.1. The molecule has 2 aromatic heterocycles. The van der Waals surface area contributed by atoms with Crippen LogP contribution >= 0.6 is 11.3 Å². The van der Waals surface area contributed by atoms with Crippen molar-refractivity contribution in [2.75, 3.05) is 6.61 Å². The number of ether oxygens (including phenoxy) is 1. The van der Waals surface area contributed by atoms with Gasteiger partial charge in [0.25, 0.3) is 0 Å². The van der Waals surface area contributed by atoms with Crippen molar-refractivity contribution in [3.05, 3.63) is 70.3 Å². The number of aromatic nitrogens is 2. The topological polar surface area (TPSA) is 52.1 Å². The molecule has 0 bridgehead atoms. The first kappa shape index (κ1) is 16.3. The van der Waals surface area contributed by atoms with Gasteiger partial charge in [0.1, 0.15) is 0 Å². The van der Waals surface area contributed by atoms with Crippen molar-refractivity contribution in [3.63, 3.8) is 0 Å². The van der Waals surface area contributed by atoms with Crippen LogP contribution in [0.3, 0.4) is 0 Å². The van der Waals surface area contributed by atoms with Crippen LogP contribution in [-0.4, -0.2) is 22.5 Å². The number of rotatable bonds is 6. The summed E-state index contributed by atoms with van der Waals surface area (Å²) in [5.74, 6) is -0.286. The zero-order valence-corrected chi connectivity index (χ0v) is 14.3. The van der Waals surface area contributed by atoms with Gasteiger partial charge in [0.2, 0.25) is 0 Å². The van der Waals surface area contributed by atoms with Crippen molar-refractivity contribution in [3.8, 4) is 11.3 Å². The molecule has 5 heteroatoms. The Morgan fingerprint density at radius 3 is 2.54 bits per heavy atom. The van der Waals surface area contributed by atoms with Crippen LogP contribution in [0.5, 0.6) is 0 Å². The predicted octanol–water partition coefficient (Wildman–Crippen LogP) is 4.30. The third-order valence-electron chi connectivity index (χ3n) is 3.63. The fraction of sp³-hybridized carbons (Fsp3) is 0.211. The number of esters is 1. The molecular weight excluding hydrogens is 320 g/mol. The molecule has 0 aliphatic carbocycles. The highest BCUT2D eigenvalue weighted by atomic mass is 32.1. The van der Waals surface area contributed by atoms with Crippen molar-refractivity contribution in [2.24, 2.45) is 0 Å². The summed E-state index contributed by atoms with van der Waals surface area (Å²) in [6.45, 7) is 2.39. The molecule has 2 heterocycles. The maximum absolute atomic E-state index is 12.1. The normalized spacial score (nSPS) is 10.5. The average molecular weight is 338 g/mol. The predicted molar refractivity (Wildman–Crippen MR) is 95.1 cm³/mol. The molecule has 4 nitrogen and oxygen atoms in total. The van der Waals surface area contributed by atoms with E-state index in [2.05, 4.69) is 9.97 Å². The molecule has 0 fully saturated rings. The summed E-state index contributed by atoms with van der Waals surface area (Å²) in [7, 11) is 0. The summed E-state index contributed by atoms with van der Waals surface area (Å²) >= 11 is 1.61. The van der Waals surface area contributed by atoms with Crippen LogP contribution in [0, 0.1) is 6.92 Å². The van der Waals surface area contributed by atoms with E-state index in [1.165, 1.54) is 5.56 Å². The van der Waals surface area contributed by atoms with E-state index in [1.54, 1.807) is 35.9 Å². The van der Waals surface area contributed by atoms with Crippen LogP contribution in [0.1, 0.15) is 27.3 Å². The quantitative estimate of drug-likeness (QED) is 0.496. The first-order chi connectivity index (χ1) is 11.7. The molecule has 122 valence electrons. The van der Waals surface area contributed by atoms with E-state index in [0.29, 0.717) is 12.2 Å². The Morgan fingerprint density at radius 2 is 1.88 bits per heavy atom. The van der Waals surface area contributed by atoms with E-state index in [0.717, 1.165) is 29.1 Å². The van der Waals surface area contributed by atoms with Crippen molar-refractivity contribution in [2.45, 2.75) is 19.8 Å². The number of carbonyl (C=O) groups is 1. The van der Waals surface area contributed by atoms with Crippen LogP contribution in [0.4, 0.5) is 0 Å². The van der Waals surface area contributed by atoms with Gasteiger partial charge in [0.05, 0.1) is 22.9 Å². The lowest BCUT2D eigenvalue weighted by Gasteiger charge is -2.05.